The Hall–Kier alpha value is -2.68. The van der Waals surface area contributed by atoms with Crippen LogP contribution in [0.1, 0.15) is 55.0 Å². The number of nitrogens with zero attached hydrogens (tertiary/aromatic N) is 2. The van der Waals surface area contributed by atoms with Gasteiger partial charge in [-0.3, -0.25) is 4.79 Å². The van der Waals surface area contributed by atoms with Crippen LogP contribution >= 0.6 is 0 Å². The van der Waals surface area contributed by atoms with Crippen LogP contribution in [0.2, 0.25) is 0 Å². The Kier molecular flexibility index (Phi) is 4.94. The lowest BCUT2D eigenvalue weighted by atomic mass is 9.99. The molecule has 2 aliphatic rings. The molecule has 0 radical (unpaired) electrons. The molecule has 0 saturated heterocycles. The van der Waals surface area contributed by atoms with Crippen molar-refractivity contribution in [3.63, 3.8) is 0 Å². The van der Waals surface area contributed by atoms with Gasteiger partial charge in [0.2, 0.25) is 0 Å². The van der Waals surface area contributed by atoms with E-state index in [0.29, 0.717) is 0 Å². The van der Waals surface area contributed by atoms with Gasteiger partial charge in [-0.1, -0.05) is 6.07 Å². The molecule has 2 aromatic rings. The van der Waals surface area contributed by atoms with Crippen molar-refractivity contribution in [3.05, 3.63) is 51.1 Å². The summed E-state index contributed by atoms with van der Waals surface area (Å²) < 4.78 is 28.6. The first kappa shape index (κ1) is 19.6. The maximum Gasteiger partial charge on any atom is 0.333 e. The molecule has 29 heavy (non-hydrogen) atoms. The fourth-order valence-corrected chi connectivity index (χ4v) is 5.07. The molecule has 0 saturated carbocycles. The number of amides is 2. The van der Waals surface area contributed by atoms with E-state index in [1.165, 1.54) is 15.7 Å². The third kappa shape index (κ3) is 3.66. The Labute approximate surface area is 169 Å². The number of sulfonamides is 1. The smallest absolute Gasteiger partial charge is 0.309 e. The molecule has 4 rings (SSSR count). The molecule has 1 aromatic carbocycles. The number of anilines is 1. The zero-order valence-corrected chi connectivity index (χ0v) is 17.3. The van der Waals surface area contributed by atoms with E-state index in [4.69, 9.17) is 0 Å². The quantitative estimate of drug-likeness (QED) is 0.795. The van der Waals surface area contributed by atoms with E-state index in [0.717, 1.165) is 67.7 Å². The molecule has 2 amide bonds. The molecule has 8 nitrogen and oxygen atoms in total. The summed E-state index contributed by atoms with van der Waals surface area (Å²) in [4.78, 5) is 28.1. The molecule has 0 atom stereocenters. The summed E-state index contributed by atoms with van der Waals surface area (Å²) in [6.07, 6.45) is 7.90. The van der Waals surface area contributed by atoms with Gasteiger partial charge in [0.15, 0.2) is 5.03 Å². The number of carbonyl (C=O) groups excluding carboxylic acids is 1. The van der Waals surface area contributed by atoms with Gasteiger partial charge in [0, 0.05) is 17.9 Å². The van der Waals surface area contributed by atoms with Gasteiger partial charge in [-0.15, -0.1) is 0 Å². The van der Waals surface area contributed by atoms with Crippen LogP contribution in [0.5, 0.6) is 0 Å². The Bertz CT molecular complexity index is 1120. The summed E-state index contributed by atoms with van der Waals surface area (Å²) in [6, 6.07) is 1.19. The standard InChI is InChI=1S/C20H24N4O4S/c1-12(2)24-11-17(21-10-18(24)25)29(27,28)23-20(26)22-19-15-7-3-5-13(15)9-14-6-4-8-16(14)19/h9-12H,3-8H2,1-2H3,(H2,22,23,26). The molecule has 1 heterocycles. The maximum absolute atomic E-state index is 12.6. The number of benzene rings is 1. The molecule has 154 valence electrons. The normalized spacial score (nSPS) is 15.3. The van der Waals surface area contributed by atoms with E-state index in [-0.39, 0.29) is 11.1 Å². The molecule has 9 heteroatoms. The van der Waals surface area contributed by atoms with E-state index in [1.54, 1.807) is 13.8 Å². The predicted octanol–water partition coefficient (Wildman–Crippen LogP) is 2.31. The molecule has 0 aliphatic heterocycles. The summed E-state index contributed by atoms with van der Waals surface area (Å²) >= 11 is 0. The molecular weight excluding hydrogens is 392 g/mol. The lowest BCUT2D eigenvalue weighted by Gasteiger charge is -2.17. The lowest BCUT2D eigenvalue weighted by Crippen LogP contribution is -2.36. The van der Waals surface area contributed by atoms with E-state index >= 15 is 0 Å². The van der Waals surface area contributed by atoms with E-state index in [1.807, 2.05) is 4.72 Å². The molecule has 0 fully saturated rings. The topological polar surface area (TPSA) is 110 Å². The third-order valence-corrected chi connectivity index (χ3v) is 6.79. The first-order chi connectivity index (χ1) is 13.8. The molecule has 0 unspecified atom stereocenters. The van der Waals surface area contributed by atoms with E-state index in [2.05, 4.69) is 16.4 Å². The number of aromatic nitrogens is 2. The van der Waals surface area contributed by atoms with Crippen LogP contribution in [0.25, 0.3) is 0 Å². The molecule has 2 N–H and O–H groups in total. The van der Waals surface area contributed by atoms with Crippen LogP contribution in [0, 0.1) is 0 Å². The number of hydrogen-bond acceptors (Lipinski definition) is 5. The van der Waals surface area contributed by atoms with Gasteiger partial charge in [0.05, 0.1) is 6.20 Å². The zero-order valence-electron chi connectivity index (χ0n) is 16.5. The molecule has 1 aromatic heterocycles. The van der Waals surface area contributed by atoms with Crippen molar-refractivity contribution in [1.29, 1.82) is 0 Å². The minimum absolute atomic E-state index is 0.234. The molecule has 2 aliphatic carbocycles. The van der Waals surface area contributed by atoms with Crippen LogP contribution in [-0.4, -0.2) is 24.0 Å². The number of aryl methyl sites for hydroxylation is 2. The Morgan fingerprint density at radius 3 is 2.31 bits per heavy atom. The van der Waals surface area contributed by atoms with Gasteiger partial charge in [0.1, 0.15) is 0 Å². The summed E-state index contributed by atoms with van der Waals surface area (Å²) in [7, 11) is -4.21. The largest absolute Gasteiger partial charge is 0.333 e. The number of rotatable bonds is 4. The van der Waals surface area contributed by atoms with Crippen LogP contribution < -0.4 is 15.6 Å². The fraction of sp³-hybridized carbons (Fsp3) is 0.450. The lowest BCUT2D eigenvalue weighted by molar-refractivity contribution is 0.256. The first-order valence-electron chi connectivity index (χ1n) is 9.85. The first-order valence-corrected chi connectivity index (χ1v) is 11.3. The van der Waals surface area contributed by atoms with Gasteiger partial charge in [-0.2, -0.15) is 8.42 Å². The van der Waals surface area contributed by atoms with Gasteiger partial charge in [0.25, 0.3) is 15.6 Å². The summed E-state index contributed by atoms with van der Waals surface area (Å²) in [5.41, 5.74) is 5.08. The van der Waals surface area contributed by atoms with Crippen molar-refractivity contribution in [2.24, 2.45) is 0 Å². The molecule has 0 spiro atoms. The van der Waals surface area contributed by atoms with Crippen LogP contribution in [0.4, 0.5) is 10.5 Å². The van der Waals surface area contributed by atoms with Gasteiger partial charge in [-0.05, 0) is 74.6 Å². The van der Waals surface area contributed by atoms with Crippen LogP contribution in [0.15, 0.2) is 28.3 Å². The highest BCUT2D eigenvalue weighted by Gasteiger charge is 2.27. The average molecular weight is 417 g/mol. The predicted molar refractivity (Wildman–Crippen MR) is 109 cm³/mol. The number of fused-ring (bicyclic) bond motifs is 2. The second-order valence-corrected chi connectivity index (χ2v) is 9.49. The highest BCUT2D eigenvalue weighted by molar-refractivity contribution is 7.90. The minimum Gasteiger partial charge on any atom is -0.309 e. The van der Waals surface area contributed by atoms with Crippen LogP contribution in [0.3, 0.4) is 0 Å². The average Bonchev–Trinajstić information content (AvgIpc) is 3.30. The van der Waals surface area contributed by atoms with E-state index < -0.39 is 21.6 Å². The van der Waals surface area contributed by atoms with Gasteiger partial charge in [-0.25, -0.2) is 14.5 Å². The van der Waals surface area contributed by atoms with Crippen LogP contribution in [-0.2, 0) is 35.7 Å². The second-order valence-electron chi connectivity index (χ2n) is 7.86. The summed E-state index contributed by atoms with van der Waals surface area (Å²) in [6.45, 7) is 3.52. The number of carbonyl (C=O) groups is 1. The Balaban J connectivity index is 1.60. The number of nitrogens with one attached hydrogen (secondary N) is 2. The van der Waals surface area contributed by atoms with Gasteiger partial charge < -0.3 is 9.88 Å². The third-order valence-electron chi connectivity index (χ3n) is 5.58. The Morgan fingerprint density at radius 2 is 1.72 bits per heavy atom. The zero-order chi connectivity index (χ0) is 20.8. The SMILES string of the molecule is CC(C)n1cc(S(=O)(=O)NC(=O)Nc2c3c(cc4c2CCC4)CCC3)ncc1=O. The molecular formula is C20H24N4O4S. The van der Waals surface area contributed by atoms with Crippen molar-refractivity contribution >= 4 is 21.7 Å². The summed E-state index contributed by atoms with van der Waals surface area (Å²) in [5, 5.41) is 2.42. The Morgan fingerprint density at radius 1 is 1.10 bits per heavy atom. The highest BCUT2D eigenvalue weighted by Crippen LogP contribution is 2.38. The number of hydrogen-bond donors (Lipinski definition) is 2. The number of urea groups is 1. The van der Waals surface area contributed by atoms with Gasteiger partial charge >= 0.3 is 6.03 Å². The van der Waals surface area contributed by atoms with Crippen molar-refractivity contribution in [3.8, 4) is 0 Å². The second kappa shape index (κ2) is 7.29. The summed E-state index contributed by atoms with van der Waals surface area (Å²) in [5.74, 6) is 0. The van der Waals surface area contributed by atoms with Crippen molar-refractivity contribution in [2.45, 2.75) is 63.4 Å². The van der Waals surface area contributed by atoms with Crippen molar-refractivity contribution in [1.82, 2.24) is 14.3 Å². The highest BCUT2D eigenvalue weighted by atomic mass is 32.2. The van der Waals surface area contributed by atoms with Crippen molar-refractivity contribution in [2.75, 3.05) is 5.32 Å². The van der Waals surface area contributed by atoms with E-state index in [9.17, 15) is 18.0 Å². The van der Waals surface area contributed by atoms with Crippen molar-refractivity contribution < 1.29 is 13.2 Å². The monoisotopic (exact) mass is 416 g/mol. The minimum atomic E-state index is -4.21. The fourth-order valence-electron chi connectivity index (χ4n) is 4.22. The maximum atomic E-state index is 12.6. The molecule has 0 bridgehead atoms.